The molecule has 1 aromatic rings. The molecule has 0 fully saturated rings. The van der Waals surface area contributed by atoms with Crippen LogP contribution in [0.15, 0.2) is 24.3 Å². The number of hydrazine groups is 1. The predicted octanol–water partition coefficient (Wildman–Crippen LogP) is 1.01. The van der Waals surface area contributed by atoms with E-state index in [-0.39, 0.29) is 5.91 Å². The topological polar surface area (TPSA) is 56.4 Å². The monoisotopic (exact) mass is 300 g/mol. The maximum absolute atomic E-state index is 11.8. The minimum Gasteiger partial charge on any atom is -0.360 e. The molecular formula is C12H17ClN4OS. The summed E-state index contributed by atoms with van der Waals surface area (Å²) in [5.74, 6) is -0.292. The van der Waals surface area contributed by atoms with Crippen LogP contribution < -0.4 is 16.2 Å². The highest BCUT2D eigenvalue weighted by atomic mass is 35.5. The molecule has 0 aliphatic carbocycles. The summed E-state index contributed by atoms with van der Waals surface area (Å²) >= 11 is 10.8. The first-order valence-corrected chi connectivity index (χ1v) is 6.52. The molecule has 0 heterocycles. The first-order chi connectivity index (χ1) is 8.99. The second-order valence-electron chi connectivity index (χ2n) is 4.15. The van der Waals surface area contributed by atoms with Gasteiger partial charge in [0.2, 0.25) is 0 Å². The average molecular weight is 301 g/mol. The fraction of sp³-hybridized carbons (Fsp3) is 0.333. The van der Waals surface area contributed by atoms with Gasteiger partial charge in [0.15, 0.2) is 5.11 Å². The van der Waals surface area contributed by atoms with Crippen LogP contribution in [0.25, 0.3) is 0 Å². The van der Waals surface area contributed by atoms with Crippen molar-refractivity contribution in [2.24, 2.45) is 0 Å². The Bertz CT molecular complexity index is 453. The summed E-state index contributed by atoms with van der Waals surface area (Å²) in [7, 11) is 3.94. The summed E-state index contributed by atoms with van der Waals surface area (Å²) in [5, 5.41) is 3.86. The van der Waals surface area contributed by atoms with E-state index < -0.39 is 0 Å². The Balaban J connectivity index is 2.32. The molecule has 0 saturated heterocycles. The maximum Gasteiger partial charge on any atom is 0.269 e. The van der Waals surface area contributed by atoms with Gasteiger partial charge in [0.1, 0.15) is 0 Å². The zero-order valence-electron chi connectivity index (χ0n) is 10.9. The molecular weight excluding hydrogens is 284 g/mol. The Hall–Kier alpha value is -1.37. The van der Waals surface area contributed by atoms with Gasteiger partial charge in [0.05, 0.1) is 0 Å². The molecule has 0 aromatic heterocycles. The van der Waals surface area contributed by atoms with Gasteiger partial charge in [0.25, 0.3) is 5.91 Å². The van der Waals surface area contributed by atoms with E-state index in [4.69, 9.17) is 23.8 Å². The highest BCUT2D eigenvalue weighted by Gasteiger charge is 2.05. The van der Waals surface area contributed by atoms with Gasteiger partial charge in [-0.25, -0.2) is 0 Å². The standard InChI is InChI=1S/C12H17ClN4OS/c1-17(2)7-6-14-12(19)16-15-11(18)9-4-3-5-10(13)8-9/h3-5,8H,6-7H2,1-2H3,(H,15,18)(H2,14,16,19). The molecule has 3 N–H and O–H groups in total. The number of halogens is 1. The van der Waals surface area contributed by atoms with E-state index in [0.717, 1.165) is 6.54 Å². The lowest BCUT2D eigenvalue weighted by Crippen LogP contribution is -2.47. The van der Waals surface area contributed by atoms with Gasteiger partial charge in [-0.3, -0.25) is 15.6 Å². The van der Waals surface area contributed by atoms with Crippen molar-refractivity contribution < 1.29 is 4.79 Å². The number of carbonyl (C=O) groups is 1. The number of benzene rings is 1. The van der Waals surface area contributed by atoms with Gasteiger partial charge in [0, 0.05) is 23.7 Å². The second kappa shape index (κ2) is 7.93. The molecule has 0 spiro atoms. The number of rotatable bonds is 4. The Morgan fingerprint density at radius 1 is 1.37 bits per heavy atom. The number of nitrogens with one attached hydrogen (secondary N) is 3. The smallest absolute Gasteiger partial charge is 0.269 e. The fourth-order valence-corrected chi connectivity index (χ4v) is 1.60. The molecule has 0 aliphatic heterocycles. The van der Waals surface area contributed by atoms with E-state index in [1.807, 2.05) is 19.0 Å². The number of hydrogen-bond acceptors (Lipinski definition) is 3. The molecule has 0 saturated carbocycles. The van der Waals surface area contributed by atoms with Crippen molar-refractivity contribution in [1.29, 1.82) is 0 Å². The van der Waals surface area contributed by atoms with E-state index in [9.17, 15) is 4.79 Å². The lowest BCUT2D eigenvalue weighted by Gasteiger charge is -2.13. The lowest BCUT2D eigenvalue weighted by molar-refractivity contribution is 0.0943. The van der Waals surface area contributed by atoms with Crippen molar-refractivity contribution in [2.75, 3.05) is 27.2 Å². The highest BCUT2D eigenvalue weighted by Crippen LogP contribution is 2.09. The Kier molecular flexibility index (Phi) is 6.55. The molecule has 0 aliphatic rings. The average Bonchev–Trinajstić information content (AvgIpc) is 2.35. The normalized spacial score (nSPS) is 10.1. The molecule has 0 bridgehead atoms. The third-order valence-electron chi connectivity index (χ3n) is 2.22. The van der Waals surface area contributed by atoms with Crippen LogP contribution >= 0.6 is 23.8 Å². The second-order valence-corrected chi connectivity index (χ2v) is 4.99. The first kappa shape index (κ1) is 15.7. The summed E-state index contributed by atoms with van der Waals surface area (Å²) in [6.45, 7) is 1.55. The number of amides is 1. The highest BCUT2D eigenvalue weighted by molar-refractivity contribution is 7.80. The van der Waals surface area contributed by atoms with E-state index in [0.29, 0.717) is 22.2 Å². The van der Waals surface area contributed by atoms with Gasteiger partial charge in [-0.1, -0.05) is 17.7 Å². The minimum atomic E-state index is -0.292. The Morgan fingerprint density at radius 3 is 2.74 bits per heavy atom. The van der Waals surface area contributed by atoms with Crippen LogP contribution in [-0.2, 0) is 0 Å². The van der Waals surface area contributed by atoms with Crippen LogP contribution in [-0.4, -0.2) is 43.1 Å². The summed E-state index contributed by atoms with van der Waals surface area (Å²) in [6, 6.07) is 6.68. The first-order valence-electron chi connectivity index (χ1n) is 5.73. The van der Waals surface area contributed by atoms with E-state index in [1.54, 1.807) is 24.3 Å². The van der Waals surface area contributed by atoms with Crippen LogP contribution in [0, 0.1) is 0 Å². The molecule has 1 aromatic carbocycles. The van der Waals surface area contributed by atoms with Crippen molar-refractivity contribution in [2.45, 2.75) is 0 Å². The minimum absolute atomic E-state index is 0.292. The molecule has 0 radical (unpaired) electrons. The quantitative estimate of drug-likeness (QED) is 0.572. The zero-order valence-corrected chi connectivity index (χ0v) is 12.4. The van der Waals surface area contributed by atoms with Crippen LogP contribution in [0.2, 0.25) is 5.02 Å². The van der Waals surface area contributed by atoms with Crippen molar-refractivity contribution in [3.63, 3.8) is 0 Å². The number of nitrogens with zero attached hydrogens (tertiary/aromatic N) is 1. The molecule has 1 amide bonds. The zero-order chi connectivity index (χ0) is 14.3. The number of carbonyl (C=O) groups excluding carboxylic acids is 1. The SMILES string of the molecule is CN(C)CCNC(=S)NNC(=O)c1cccc(Cl)c1. The molecule has 0 atom stereocenters. The molecule has 5 nitrogen and oxygen atoms in total. The molecule has 104 valence electrons. The lowest BCUT2D eigenvalue weighted by atomic mass is 10.2. The van der Waals surface area contributed by atoms with Crippen LogP contribution in [0.4, 0.5) is 0 Å². The van der Waals surface area contributed by atoms with Gasteiger partial charge in [-0.2, -0.15) is 0 Å². The molecule has 19 heavy (non-hydrogen) atoms. The van der Waals surface area contributed by atoms with Crippen LogP contribution in [0.3, 0.4) is 0 Å². The van der Waals surface area contributed by atoms with Crippen LogP contribution in [0.1, 0.15) is 10.4 Å². The van der Waals surface area contributed by atoms with Gasteiger partial charge in [-0.05, 0) is 44.5 Å². The third kappa shape index (κ3) is 6.37. The summed E-state index contributed by atoms with van der Waals surface area (Å²) in [6.07, 6.45) is 0. The van der Waals surface area contributed by atoms with E-state index in [2.05, 4.69) is 16.2 Å². The van der Waals surface area contributed by atoms with Gasteiger partial charge in [-0.15, -0.1) is 0 Å². The van der Waals surface area contributed by atoms with Gasteiger partial charge < -0.3 is 10.2 Å². The molecule has 7 heteroatoms. The number of likely N-dealkylation sites (N-methyl/N-ethyl adjacent to an activating group) is 1. The van der Waals surface area contributed by atoms with Gasteiger partial charge >= 0.3 is 0 Å². The fourth-order valence-electron chi connectivity index (χ4n) is 1.25. The summed E-state index contributed by atoms with van der Waals surface area (Å²) < 4.78 is 0. The van der Waals surface area contributed by atoms with E-state index in [1.165, 1.54) is 0 Å². The molecule has 1 rings (SSSR count). The largest absolute Gasteiger partial charge is 0.360 e. The van der Waals surface area contributed by atoms with Crippen molar-refractivity contribution in [1.82, 2.24) is 21.1 Å². The Morgan fingerprint density at radius 2 is 2.11 bits per heavy atom. The van der Waals surface area contributed by atoms with Crippen molar-refractivity contribution in [3.05, 3.63) is 34.9 Å². The molecule has 0 unspecified atom stereocenters. The van der Waals surface area contributed by atoms with E-state index >= 15 is 0 Å². The third-order valence-corrected chi connectivity index (χ3v) is 2.70. The number of thiocarbonyl (C=S) groups is 1. The van der Waals surface area contributed by atoms with Crippen molar-refractivity contribution >= 4 is 34.8 Å². The maximum atomic E-state index is 11.8. The summed E-state index contributed by atoms with van der Waals surface area (Å²) in [5.41, 5.74) is 5.60. The summed E-state index contributed by atoms with van der Waals surface area (Å²) in [4.78, 5) is 13.8. The Labute approximate surface area is 123 Å². The number of hydrogen-bond donors (Lipinski definition) is 3. The van der Waals surface area contributed by atoms with Crippen LogP contribution in [0.5, 0.6) is 0 Å². The van der Waals surface area contributed by atoms with Crippen molar-refractivity contribution in [3.8, 4) is 0 Å². The predicted molar refractivity (Wildman–Crippen MR) is 81.2 cm³/mol.